The van der Waals surface area contributed by atoms with E-state index < -0.39 is 11.3 Å². The Morgan fingerprint density at radius 3 is 2.37 bits per heavy atom. The third-order valence-electron chi connectivity index (χ3n) is 6.86. The van der Waals surface area contributed by atoms with Crippen LogP contribution in [-0.2, 0) is 23.2 Å². The molecular weight excluding hydrogens is 439 g/mol. The molecule has 1 aromatic heterocycles. The minimum atomic E-state index is -0.599. The lowest BCUT2D eigenvalue weighted by atomic mass is 9.74. The number of benzene rings is 2. The van der Waals surface area contributed by atoms with Crippen LogP contribution in [0.2, 0.25) is 0 Å². The summed E-state index contributed by atoms with van der Waals surface area (Å²) in [6, 6.07) is 19.9. The van der Waals surface area contributed by atoms with Crippen molar-refractivity contribution >= 4 is 5.91 Å². The molecule has 1 fully saturated rings. The first-order chi connectivity index (χ1) is 16.7. The Bertz CT molecular complexity index is 1140. The van der Waals surface area contributed by atoms with Gasteiger partial charge in [0.25, 0.3) is 0 Å². The fourth-order valence-electron chi connectivity index (χ4n) is 5.33. The fraction of sp³-hybridized carbons (Fsp3) is 0.379. The van der Waals surface area contributed by atoms with Crippen molar-refractivity contribution in [2.24, 2.45) is 5.73 Å². The van der Waals surface area contributed by atoms with E-state index >= 15 is 0 Å². The van der Waals surface area contributed by atoms with Crippen LogP contribution >= 0.6 is 0 Å². The highest BCUT2D eigenvalue weighted by Crippen LogP contribution is 2.34. The predicted molar refractivity (Wildman–Crippen MR) is 138 cm³/mol. The molecule has 0 radical (unpaired) electrons. The maximum absolute atomic E-state index is 13.6. The molecule has 4 rings (SSSR count). The molecule has 1 saturated heterocycles. The summed E-state index contributed by atoms with van der Waals surface area (Å²) in [7, 11) is 0. The average Bonchev–Trinajstić information content (AvgIpc) is 2.79. The highest BCUT2D eigenvalue weighted by atomic mass is 19.1. The van der Waals surface area contributed by atoms with Crippen LogP contribution < -0.4 is 11.1 Å². The van der Waals surface area contributed by atoms with E-state index in [0.29, 0.717) is 18.5 Å². The Morgan fingerprint density at radius 2 is 1.74 bits per heavy atom. The van der Waals surface area contributed by atoms with Crippen LogP contribution in [0, 0.1) is 5.82 Å². The van der Waals surface area contributed by atoms with Crippen LogP contribution in [0.4, 0.5) is 4.39 Å². The van der Waals surface area contributed by atoms with E-state index in [2.05, 4.69) is 59.4 Å². The van der Waals surface area contributed by atoms with Crippen molar-refractivity contribution in [3.05, 3.63) is 89.5 Å². The second kappa shape index (κ2) is 10.7. The van der Waals surface area contributed by atoms with Gasteiger partial charge in [-0.15, -0.1) is 0 Å². The Labute approximate surface area is 207 Å². The molecule has 1 aliphatic heterocycles. The topological polar surface area (TPSA) is 71.2 Å². The summed E-state index contributed by atoms with van der Waals surface area (Å²) >= 11 is 0. The van der Waals surface area contributed by atoms with Gasteiger partial charge in [-0.25, -0.2) is 4.39 Å². The van der Waals surface area contributed by atoms with Crippen molar-refractivity contribution in [3.63, 3.8) is 0 Å². The van der Waals surface area contributed by atoms with Crippen LogP contribution in [0.15, 0.2) is 66.9 Å². The number of nitrogens with zero attached hydrogens (tertiary/aromatic N) is 2. The third kappa shape index (κ3) is 6.32. The molecule has 1 unspecified atom stereocenters. The number of nitrogens with one attached hydrogen (secondary N) is 1. The van der Waals surface area contributed by atoms with Crippen LogP contribution in [0.3, 0.4) is 0 Å². The zero-order valence-electron chi connectivity index (χ0n) is 20.8. The van der Waals surface area contributed by atoms with E-state index in [-0.39, 0.29) is 12.2 Å². The summed E-state index contributed by atoms with van der Waals surface area (Å²) in [5, 5.41) is 3.58. The predicted octanol–water partition coefficient (Wildman–Crippen LogP) is 4.45. The molecule has 0 saturated carbocycles. The van der Waals surface area contributed by atoms with Crippen molar-refractivity contribution in [1.29, 1.82) is 0 Å². The van der Waals surface area contributed by atoms with E-state index in [1.165, 1.54) is 17.7 Å². The molecule has 1 amide bonds. The number of piperazine rings is 1. The molecule has 1 aliphatic rings. The molecule has 5 nitrogen and oxygen atoms in total. The number of nitrogens with two attached hydrogens (primary N) is 1. The average molecular weight is 475 g/mol. The van der Waals surface area contributed by atoms with Gasteiger partial charge in [0.05, 0.1) is 0 Å². The van der Waals surface area contributed by atoms with Gasteiger partial charge in [-0.2, -0.15) is 0 Å². The van der Waals surface area contributed by atoms with Gasteiger partial charge in [0.2, 0.25) is 5.91 Å². The lowest BCUT2D eigenvalue weighted by Crippen LogP contribution is -2.53. The van der Waals surface area contributed by atoms with E-state index in [4.69, 9.17) is 5.73 Å². The Morgan fingerprint density at radius 1 is 1.09 bits per heavy atom. The summed E-state index contributed by atoms with van der Waals surface area (Å²) < 4.78 is 13.6. The largest absolute Gasteiger partial charge is 0.370 e. The Hall–Kier alpha value is -3.09. The number of hydrogen-bond donors (Lipinski definition) is 2. The lowest BCUT2D eigenvalue weighted by Gasteiger charge is -2.36. The lowest BCUT2D eigenvalue weighted by molar-refractivity contribution is -0.119. The SMILES string of the molecule is C[C@@H]1CN(Cc2ccc(-c3cccnc3CC(C)(CC(N)=O)c3ccc(F)cc3)cc2)C[C@H](C)N1. The highest BCUT2D eigenvalue weighted by molar-refractivity contribution is 5.76. The molecule has 184 valence electrons. The minimum Gasteiger partial charge on any atom is -0.370 e. The maximum atomic E-state index is 13.6. The van der Waals surface area contributed by atoms with Crippen molar-refractivity contribution in [2.45, 2.75) is 57.7 Å². The molecule has 35 heavy (non-hydrogen) atoms. The van der Waals surface area contributed by atoms with Crippen LogP contribution in [0.5, 0.6) is 0 Å². The second-order valence-corrected chi connectivity index (χ2v) is 10.2. The molecule has 2 heterocycles. The minimum absolute atomic E-state index is 0.148. The number of rotatable bonds is 8. The molecule has 2 aromatic carbocycles. The van der Waals surface area contributed by atoms with Gasteiger partial charge in [-0.3, -0.25) is 14.7 Å². The second-order valence-electron chi connectivity index (χ2n) is 10.2. The molecule has 6 heteroatoms. The van der Waals surface area contributed by atoms with Gasteiger partial charge in [0.15, 0.2) is 0 Å². The molecule has 3 atom stereocenters. The monoisotopic (exact) mass is 474 g/mol. The first-order valence-corrected chi connectivity index (χ1v) is 12.3. The number of pyridine rings is 1. The number of amides is 1. The number of halogens is 1. The quantitative estimate of drug-likeness (QED) is 0.506. The zero-order chi connectivity index (χ0) is 25.0. The summed E-state index contributed by atoms with van der Waals surface area (Å²) in [5.74, 6) is -0.700. The van der Waals surface area contributed by atoms with Crippen molar-refractivity contribution < 1.29 is 9.18 Å². The maximum Gasteiger partial charge on any atom is 0.218 e. The van der Waals surface area contributed by atoms with Crippen molar-refractivity contribution in [3.8, 4) is 11.1 Å². The molecule has 3 N–H and O–H groups in total. The fourth-order valence-corrected chi connectivity index (χ4v) is 5.33. The molecule has 0 bridgehead atoms. The number of carbonyl (C=O) groups excluding carboxylic acids is 1. The van der Waals surface area contributed by atoms with Gasteiger partial charge in [0.1, 0.15) is 5.82 Å². The van der Waals surface area contributed by atoms with Crippen molar-refractivity contribution in [1.82, 2.24) is 15.2 Å². The summed E-state index contributed by atoms with van der Waals surface area (Å²) in [6.07, 6.45) is 2.43. The summed E-state index contributed by atoms with van der Waals surface area (Å²) in [4.78, 5) is 19.1. The molecule has 0 spiro atoms. The number of aromatic nitrogens is 1. The number of hydrogen-bond acceptors (Lipinski definition) is 4. The Kier molecular flexibility index (Phi) is 7.63. The van der Waals surface area contributed by atoms with E-state index in [0.717, 1.165) is 42.0 Å². The first kappa shape index (κ1) is 25.0. The number of carbonyl (C=O) groups is 1. The van der Waals surface area contributed by atoms with E-state index in [9.17, 15) is 9.18 Å². The normalized spacial score (nSPS) is 20.3. The smallest absolute Gasteiger partial charge is 0.218 e. The molecule has 3 aromatic rings. The molecular formula is C29H35FN4O. The van der Waals surface area contributed by atoms with E-state index in [1.807, 2.05) is 13.0 Å². The highest BCUT2D eigenvalue weighted by Gasteiger charge is 2.31. The van der Waals surface area contributed by atoms with Gasteiger partial charge in [-0.1, -0.05) is 49.4 Å². The standard InChI is InChI=1S/C29H35FN4O/c1-20-17-34(18-21(2)33-20)19-22-6-8-23(9-7-22)26-5-4-14-32-27(26)15-29(3,16-28(31)35)24-10-12-25(30)13-11-24/h4-14,20-21,33H,15-19H2,1-3H3,(H2,31,35)/t20-,21+,29?. The van der Waals surface area contributed by atoms with Gasteiger partial charge in [0, 0.05) is 67.4 Å². The van der Waals surface area contributed by atoms with Crippen LogP contribution in [0.1, 0.15) is 44.0 Å². The van der Waals surface area contributed by atoms with Gasteiger partial charge < -0.3 is 11.1 Å². The molecule has 0 aliphatic carbocycles. The van der Waals surface area contributed by atoms with E-state index in [1.54, 1.807) is 18.3 Å². The van der Waals surface area contributed by atoms with Gasteiger partial charge in [-0.05, 0) is 48.7 Å². The third-order valence-corrected chi connectivity index (χ3v) is 6.86. The Balaban J connectivity index is 1.57. The van der Waals surface area contributed by atoms with Crippen molar-refractivity contribution in [2.75, 3.05) is 13.1 Å². The summed E-state index contributed by atoms with van der Waals surface area (Å²) in [5.41, 5.74) is 10.2. The summed E-state index contributed by atoms with van der Waals surface area (Å²) in [6.45, 7) is 9.46. The van der Waals surface area contributed by atoms with Crippen LogP contribution in [-0.4, -0.2) is 41.0 Å². The zero-order valence-corrected chi connectivity index (χ0v) is 20.8. The first-order valence-electron chi connectivity index (χ1n) is 12.3. The van der Waals surface area contributed by atoms with Crippen LogP contribution in [0.25, 0.3) is 11.1 Å². The number of primary amides is 1. The van der Waals surface area contributed by atoms with Gasteiger partial charge >= 0.3 is 0 Å².